The first-order valence-corrected chi connectivity index (χ1v) is 11.7. The SMILES string of the molecule is OC(P1C(C(Cl)(Cl)Cl)OB(c2ccccc2)OC1C(Cl)(Cl)Cl)C(Cl)(Cl)Cl. The molecule has 0 amide bonds. The van der Waals surface area contributed by atoms with Crippen LogP contribution in [0.2, 0.25) is 0 Å². The van der Waals surface area contributed by atoms with Crippen molar-refractivity contribution in [3.63, 3.8) is 0 Å². The summed E-state index contributed by atoms with van der Waals surface area (Å²) in [7, 11) is -3.15. The van der Waals surface area contributed by atoms with Crippen LogP contribution in [0.15, 0.2) is 30.3 Å². The van der Waals surface area contributed by atoms with Crippen molar-refractivity contribution >= 4 is 125 Å². The Labute approximate surface area is 197 Å². The lowest BCUT2D eigenvalue weighted by Crippen LogP contribution is -2.55. The molecular formula is C12H9BCl9O3P. The summed E-state index contributed by atoms with van der Waals surface area (Å²) >= 11 is 53.9. The second-order valence-electron chi connectivity index (χ2n) is 5.17. The molecule has 1 saturated heterocycles. The van der Waals surface area contributed by atoms with Crippen molar-refractivity contribution in [1.82, 2.24) is 0 Å². The van der Waals surface area contributed by atoms with Crippen LogP contribution in [0.25, 0.3) is 0 Å². The Kier molecular flexibility index (Phi) is 8.61. The Morgan fingerprint density at radius 2 is 1.27 bits per heavy atom. The lowest BCUT2D eigenvalue weighted by Gasteiger charge is -2.48. The number of aliphatic hydroxyl groups excluding tert-OH is 1. The summed E-state index contributed by atoms with van der Waals surface area (Å²) in [6, 6.07) is 8.74. The quantitative estimate of drug-likeness (QED) is 0.274. The van der Waals surface area contributed by atoms with Crippen LogP contribution in [0, 0.1) is 0 Å². The van der Waals surface area contributed by atoms with Crippen molar-refractivity contribution < 1.29 is 14.4 Å². The summed E-state index contributed by atoms with van der Waals surface area (Å²) in [4.78, 5) is 0. The van der Waals surface area contributed by atoms with Crippen LogP contribution in [0.5, 0.6) is 0 Å². The number of rotatable bonds is 2. The molecule has 1 fully saturated rings. The van der Waals surface area contributed by atoms with Gasteiger partial charge in [0.2, 0.25) is 11.4 Å². The Balaban J connectivity index is 2.51. The van der Waals surface area contributed by atoms with E-state index in [1.54, 1.807) is 30.3 Å². The van der Waals surface area contributed by atoms with Gasteiger partial charge < -0.3 is 14.4 Å². The van der Waals surface area contributed by atoms with Gasteiger partial charge in [0.25, 0.3) is 0 Å². The van der Waals surface area contributed by atoms with Crippen LogP contribution >= 0.6 is 112 Å². The molecule has 0 aromatic heterocycles. The van der Waals surface area contributed by atoms with E-state index >= 15 is 0 Å². The molecule has 3 nitrogen and oxygen atoms in total. The fourth-order valence-electron chi connectivity index (χ4n) is 2.21. The summed E-state index contributed by atoms with van der Waals surface area (Å²) in [6.07, 6.45) is 0. The van der Waals surface area contributed by atoms with E-state index in [1.165, 1.54) is 0 Å². The van der Waals surface area contributed by atoms with Gasteiger partial charge in [-0.15, -0.1) is 0 Å². The van der Waals surface area contributed by atoms with Gasteiger partial charge in [-0.1, -0.05) is 135 Å². The molecular weight excluding hydrogens is 553 g/mol. The summed E-state index contributed by atoms with van der Waals surface area (Å²) in [6.45, 7) is 0. The van der Waals surface area contributed by atoms with E-state index in [2.05, 4.69) is 0 Å². The number of alkyl halides is 9. The highest BCUT2D eigenvalue weighted by molar-refractivity contribution is 7.61. The minimum absolute atomic E-state index is 0.587. The zero-order chi connectivity index (χ0) is 19.9. The smallest absolute Gasteiger partial charge is 0.396 e. The van der Waals surface area contributed by atoms with Crippen molar-refractivity contribution in [2.75, 3.05) is 0 Å². The molecule has 1 aliphatic rings. The highest BCUT2D eigenvalue weighted by atomic mass is 35.6. The maximum Gasteiger partial charge on any atom is 0.495 e. The van der Waals surface area contributed by atoms with E-state index in [-0.39, 0.29) is 0 Å². The number of aliphatic hydroxyl groups is 1. The van der Waals surface area contributed by atoms with Gasteiger partial charge in [0.05, 0.1) is 0 Å². The van der Waals surface area contributed by atoms with Crippen molar-refractivity contribution in [1.29, 1.82) is 0 Å². The fraction of sp³-hybridized carbons (Fsp3) is 0.500. The van der Waals surface area contributed by atoms with E-state index in [9.17, 15) is 5.11 Å². The second-order valence-corrected chi connectivity index (χ2v) is 14.6. The van der Waals surface area contributed by atoms with Crippen molar-refractivity contribution in [2.45, 2.75) is 28.9 Å². The van der Waals surface area contributed by atoms with Gasteiger partial charge in [-0.05, 0) is 13.4 Å². The molecule has 1 N–H and O–H groups in total. The van der Waals surface area contributed by atoms with Gasteiger partial charge in [0.1, 0.15) is 17.5 Å². The maximum absolute atomic E-state index is 10.6. The molecule has 1 aliphatic heterocycles. The molecule has 3 unspecified atom stereocenters. The molecule has 2 rings (SSSR count). The Hall–Kier alpha value is 2.20. The lowest BCUT2D eigenvalue weighted by molar-refractivity contribution is 0.135. The van der Waals surface area contributed by atoms with E-state index in [1.807, 2.05) is 0 Å². The molecule has 0 spiro atoms. The highest BCUT2D eigenvalue weighted by Crippen LogP contribution is 2.67. The molecule has 146 valence electrons. The first kappa shape index (κ1) is 24.5. The van der Waals surface area contributed by atoms with Crippen LogP contribution < -0.4 is 5.46 Å². The third-order valence-electron chi connectivity index (χ3n) is 3.25. The van der Waals surface area contributed by atoms with Crippen molar-refractivity contribution in [3.05, 3.63) is 30.3 Å². The highest BCUT2D eigenvalue weighted by Gasteiger charge is 2.60. The van der Waals surface area contributed by atoms with Crippen LogP contribution in [0.3, 0.4) is 0 Å². The predicted molar refractivity (Wildman–Crippen MR) is 115 cm³/mol. The van der Waals surface area contributed by atoms with Crippen molar-refractivity contribution in [2.24, 2.45) is 0 Å². The number of hydrogen-bond donors (Lipinski definition) is 1. The van der Waals surface area contributed by atoms with Crippen LogP contribution in [-0.2, 0) is 9.31 Å². The van der Waals surface area contributed by atoms with Gasteiger partial charge in [-0.25, -0.2) is 0 Å². The fourth-order valence-corrected chi connectivity index (χ4v) is 7.84. The Morgan fingerprint density at radius 1 is 0.846 bits per heavy atom. The van der Waals surface area contributed by atoms with Crippen LogP contribution in [0.4, 0.5) is 0 Å². The molecule has 1 aromatic carbocycles. The zero-order valence-corrected chi connectivity index (χ0v) is 20.0. The van der Waals surface area contributed by atoms with E-state index in [4.69, 9.17) is 114 Å². The zero-order valence-electron chi connectivity index (χ0n) is 12.3. The number of hydrogen-bond acceptors (Lipinski definition) is 3. The van der Waals surface area contributed by atoms with Crippen molar-refractivity contribution in [3.8, 4) is 0 Å². The summed E-state index contributed by atoms with van der Waals surface area (Å²) in [5, 5.41) is 10.6. The van der Waals surface area contributed by atoms with Crippen LogP contribution in [-0.4, -0.2) is 41.1 Å². The molecule has 0 saturated carbocycles. The Morgan fingerprint density at radius 3 is 1.62 bits per heavy atom. The molecule has 0 radical (unpaired) electrons. The number of benzene rings is 1. The first-order chi connectivity index (χ1) is 11.7. The van der Waals surface area contributed by atoms with Gasteiger partial charge in [0, 0.05) is 0 Å². The molecule has 3 atom stereocenters. The minimum atomic E-state index is -2.15. The summed E-state index contributed by atoms with van der Waals surface area (Å²) < 4.78 is 5.39. The first-order valence-electron chi connectivity index (χ1n) is 6.74. The van der Waals surface area contributed by atoms with Crippen LogP contribution in [0.1, 0.15) is 0 Å². The van der Waals surface area contributed by atoms with E-state index in [0.29, 0.717) is 5.46 Å². The average molecular weight is 562 g/mol. The normalized spacial score (nSPS) is 26.7. The molecule has 0 bridgehead atoms. The molecule has 26 heavy (non-hydrogen) atoms. The maximum atomic E-state index is 10.6. The molecule has 14 heteroatoms. The molecule has 0 aliphatic carbocycles. The van der Waals surface area contributed by atoms with E-state index < -0.39 is 44.0 Å². The van der Waals surface area contributed by atoms with Gasteiger partial charge in [-0.3, -0.25) is 0 Å². The Bertz CT molecular complexity index is 583. The van der Waals surface area contributed by atoms with Gasteiger partial charge in [-0.2, -0.15) is 0 Å². The lowest BCUT2D eigenvalue weighted by atomic mass is 9.79. The predicted octanol–water partition coefficient (Wildman–Crippen LogP) is 5.99. The number of halogens is 9. The van der Waals surface area contributed by atoms with E-state index in [0.717, 1.165) is 0 Å². The topological polar surface area (TPSA) is 38.7 Å². The molecule has 1 heterocycles. The standard InChI is InChI=1S/C12H9BCl9O3P/c14-10(15,16)7(23)26-8(11(17,18)19)24-13(6-4-2-1-3-5-6)25-9(26)12(20,21)22/h1-5,7-9,23H. The molecule has 1 aromatic rings. The largest absolute Gasteiger partial charge is 0.495 e. The third-order valence-corrected chi connectivity index (χ3v) is 9.49. The summed E-state index contributed by atoms with van der Waals surface area (Å²) in [5.74, 6) is -4.18. The monoisotopic (exact) mass is 558 g/mol. The van der Waals surface area contributed by atoms with Gasteiger partial charge >= 0.3 is 7.12 Å². The average Bonchev–Trinajstić information content (AvgIpc) is 2.51. The third kappa shape index (κ3) is 6.11. The minimum Gasteiger partial charge on any atom is -0.396 e. The van der Waals surface area contributed by atoms with Gasteiger partial charge in [0.15, 0.2) is 0 Å². The summed E-state index contributed by atoms with van der Waals surface area (Å²) in [5.41, 5.74) is 0.587. The second kappa shape index (κ2) is 9.14.